The molecule has 1 rings (SSSR count). The molecular weight excluding hydrogens is 222 g/mol. The maximum Gasteiger partial charge on any atom is 0.189 e. The predicted octanol–water partition coefficient (Wildman–Crippen LogP) is 1.10. The second-order valence-electron chi connectivity index (χ2n) is 2.53. The van der Waals surface area contributed by atoms with Gasteiger partial charge in [-0.15, -0.1) is 18.8 Å². The lowest BCUT2D eigenvalue weighted by molar-refractivity contribution is 0.599. The van der Waals surface area contributed by atoms with Gasteiger partial charge in [0.2, 0.25) is 0 Å². The summed E-state index contributed by atoms with van der Waals surface area (Å²) in [6.45, 7) is 0. The molecule has 0 heterocycles. The van der Waals surface area contributed by atoms with Crippen molar-refractivity contribution in [1.29, 1.82) is 0 Å². The Kier molecular flexibility index (Phi) is 4.48. The van der Waals surface area contributed by atoms with E-state index in [0.717, 1.165) is 0 Å². The van der Waals surface area contributed by atoms with Crippen molar-refractivity contribution in [1.82, 2.24) is 0 Å². The molecule has 0 aliphatic carbocycles. The van der Waals surface area contributed by atoms with Crippen molar-refractivity contribution in [3.63, 3.8) is 0 Å². The minimum Gasteiger partial charge on any atom is -0.399 e. The van der Waals surface area contributed by atoms with Gasteiger partial charge >= 0.3 is 0 Å². The number of anilines is 1. The van der Waals surface area contributed by atoms with Crippen LogP contribution in [0.15, 0.2) is 29.2 Å². The standard InChI is InChI=1S/C9H9NO2S.ClH/c1-2-7-13(11,12)9-5-3-8(10)4-6-9;/h1,3-6H,7,10H2;1H. The van der Waals surface area contributed by atoms with Gasteiger partial charge in [0.25, 0.3) is 0 Å². The van der Waals surface area contributed by atoms with E-state index >= 15 is 0 Å². The van der Waals surface area contributed by atoms with Crippen LogP contribution in [0.5, 0.6) is 0 Å². The molecule has 0 fully saturated rings. The summed E-state index contributed by atoms with van der Waals surface area (Å²) in [7, 11) is -3.32. The molecule has 1 aromatic rings. The molecule has 0 bridgehead atoms. The first-order valence-electron chi connectivity index (χ1n) is 3.58. The average Bonchev–Trinajstić information content (AvgIpc) is 2.05. The molecule has 0 spiro atoms. The minimum atomic E-state index is -3.32. The molecule has 0 unspecified atom stereocenters. The second-order valence-corrected chi connectivity index (χ2v) is 4.52. The van der Waals surface area contributed by atoms with Crippen molar-refractivity contribution < 1.29 is 8.42 Å². The van der Waals surface area contributed by atoms with Gasteiger partial charge in [-0.3, -0.25) is 0 Å². The predicted molar refractivity (Wildman–Crippen MR) is 59.0 cm³/mol. The van der Waals surface area contributed by atoms with Gasteiger partial charge in [-0.2, -0.15) is 0 Å². The van der Waals surface area contributed by atoms with Gasteiger partial charge in [0.15, 0.2) is 9.84 Å². The Morgan fingerprint density at radius 2 is 1.79 bits per heavy atom. The third-order valence-electron chi connectivity index (χ3n) is 1.51. The molecule has 0 aliphatic heterocycles. The number of nitrogens with two attached hydrogens (primary N) is 1. The van der Waals surface area contributed by atoms with Crippen molar-refractivity contribution in [2.45, 2.75) is 4.90 Å². The third kappa shape index (κ3) is 2.95. The topological polar surface area (TPSA) is 60.2 Å². The first-order valence-corrected chi connectivity index (χ1v) is 5.23. The van der Waals surface area contributed by atoms with E-state index in [9.17, 15) is 8.42 Å². The number of sulfone groups is 1. The van der Waals surface area contributed by atoms with Crippen molar-refractivity contribution in [3.05, 3.63) is 24.3 Å². The van der Waals surface area contributed by atoms with Crippen LogP contribution in [0.3, 0.4) is 0 Å². The summed E-state index contributed by atoms with van der Waals surface area (Å²) < 4.78 is 22.7. The van der Waals surface area contributed by atoms with Gasteiger partial charge < -0.3 is 5.73 Å². The monoisotopic (exact) mass is 231 g/mol. The van der Waals surface area contributed by atoms with Crippen LogP contribution in [-0.4, -0.2) is 14.2 Å². The van der Waals surface area contributed by atoms with Gasteiger partial charge in [-0.25, -0.2) is 8.42 Å². The quantitative estimate of drug-likeness (QED) is 0.613. The van der Waals surface area contributed by atoms with E-state index in [4.69, 9.17) is 12.2 Å². The van der Waals surface area contributed by atoms with E-state index in [-0.39, 0.29) is 23.1 Å². The number of nitrogen functional groups attached to an aromatic ring is 1. The molecule has 0 atom stereocenters. The second kappa shape index (κ2) is 4.89. The Labute approximate surface area is 89.6 Å². The zero-order chi connectivity index (χ0) is 9.90. The number of benzene rings is 1. The number of rotatable bonds is 2. The van der Waals surface area contributed by atoms with Crippen LogP contribution in [0.2, 0.25) is 0 Å². The number of terminal acetylenes is 1. The van der Waals surface area contributed by atoms with E-state index < -0.39 is 9.84 Å². The van der Waals surface area contributed by atoms with Gasteiger partial charge in [-0.05, 0) is 24.3 Å². The summed E-state index contributed by atoms with van der Waals surface area (Å²) in [6, 6.07) is 5.96. The number of halogens is 1. The molecule has 2 N–H and O–H groups in total. The summed E-state index contributed by atoms with van der Waals surface area (Å²) in [5.41, 5.74) is 5.94. The van der Waals surface area contributed by atoms with Crippen molar-refractivity contribution in [2.75, 3.05) is 11.5 Å². The van der Waals surface area contributed by atoms with E-state index in [2.05, 4.69) is 5.92 Å². The highest BCUT2D eigenvalue weighted by molar-refractivity contribution is 7.91. The van der Waals surface area contributed by atoms with Crippen LogP contribution in [0.25, 0.3) is 0 Å². The molecule has 0 radical (unpaired) electrons. The molecule has 3 nitrogen and oxygen atoms in total. The highest BCUT2D eigenvalue weighted by atomic mass is 35.5. The highest BCUT2D eigenvalue weighted by Crippen LogP contribution is 2.12. The fraction of sp³-hybridized carbons (Fsp3) is 0.111. The number of hydrogen-bond donors (Lipinski definition) is 1. The van der Waals surface area contributed by atoms with Crippen molar-refractivity contribution in [2.24, 2.45) is 0 Å². The van der Waals surface area contributed by atoms with Gasteiger partial charge in [0.1, 0.15) is 5.75 Å². The SMILES string of the molecule is C#CCS(=O)(=O)c1ccc(N)cc1.Cl. The fourth-order valence-corrected chi connectivity index (χ4v) is 1.81. The van der Waals surface area contributed by atoms with Crippen LogP contribution in [-0.2, 0) is 9.84 Å². The highest BCUT2D eigenvalue weighted by Gasteiger charge is 2.11. The molecule has 14 heavy (non-hydrogen) atoms. The Hall–Kier alpha value is -1.18. The van der Waals surface area contributed by atoms with Crippen molar-refractivity contribution >= 4 is 27.9 Å². The lowest BCUT2D eigenvalue weighted by Gasteiger charge is -1.99. The summed E-state index contributed by atoms with van der Waals surface area (Å²) in [5.74, 6) is 1.82. The molecule has 0 saturated carbocycles. The zero-order valence-corrected chi connectivity index (χ0v) is 8.94. The van der Waals surface area contributed by atoms with E-state index in [1.54, 1.807) is 0 Å². The Morgan fingerprint density at radius 3 is 2.21 bits per heavy atom. The fourth-order valence-electron chi connectivity index (χ4n) is 0.868. The molecule has 0 amide bonds. The van der Waals surface area contributed by atoms with Gasteiger partial charge in [0.05, 0.1) is 4.90 Å². The van der Waals surface area contributed by atoms with Crippen LogP contribution in [0.4, 0.5) is 5.69 Å². The summed E-state index contributed by atoms with van der Waals surface area (Å²) >= 11 is 0. The van der Waals surface area contributed by atoms with Crippen LogP contribution >= 0.6 is 12.4 Å². The lowest BCUT2D eigenvalue weighted by atomic mass is 10.3. The molecule has 0 aromatic heterocycles. The average molecular weight is 232 g/mol. The molecular formula is C9H10ClNO2S. The molecule has 5 heteroatoms. The molecule has 0 aliphatic rings. The first kappa shape index (κ1) is 12.8. The smallest absolute Gasteiger partial charge is 0.189 e. The first-order chi connectivity index (χ1) is 6.06. The number of hydrogen-bond acceptors (Lipinski definition) is 3. The van der Waals surface area contributed by atoms with Crippen LogP contribution in [0.1, 0.15) is 0 Å². The Balaban J connectivity index is 0.00000169. The summed E-state index contributed by atoms with van der Waals surface area (Å²) in [4.78, 5) is 0.208. The maximum atomic E-state index is 11.4. The molecule has 76 valence electrons. The third-order valence-corrected chi connectivity index (χ3v) is 3.05. The minimum absolute atomic E-state index is 0. The molecule has 1 aromatic carbocycles. The lowest BCUT2D eigenvalue weighted by Crippen LogP contribution is -2.04. The molecule has 0 saturated heterocycles. The normalized spacial score (nSPS) is 9.93. The summed E-state index contributed by atoms with van der Waals surface area (Å²) in [6.07, 6.45) is 4.93. The summed E-state index contributed by atoms with van der Waals surface area (Å²) in [5, 5.41) is 0. The van der Waals surface area contributed by atoms with Gasteiger partial charge in [0, 0.05) is 5.69 Å². The van der Waals surface area contributed by atoms with E-state index in [1.807, 2.05) is 0 Å². The van der Waals surface area contributed by atoms with E-state index in [1.165, 1.54) is 24.3 Å². The van der Waals surface area contributed by atoms with Gasteiger partial charge in [-0.1, -0.05) is 5.92 Å². The zero-order valence-electron chi connectivity index (χ0n) is 7.30. The van der Waals surface area contributed by atoms with Crippen molar-refractivity contribution in [3.8, 4) is 12.3 Å². The van der Waals surface area contributed by atoms with Crippen LogP contribution in [0, 0.1) is 12.3 Å². The largest absolute Gasteiger partial charge is 0.399 e. The van der Waals surface area contributed by atoms with Crippen LogP contribution < -0.4 is 5.73 Å². The maximum absolute atomic E-state index is 11.4. The Morgan fingerprint density at radius 1 is 1.29 bits per heavy atom. The Bertz CT molecular complexity index is 431. The van der Waals surface area contributed by atoms with E-state index in [0.29, 0.717) is 5.69 Å².